The van der Waals surface area contributed by atoms with E-state index in [1.54, 1.807) is 19.1 Å². The van der Waals surface area contributed by atoms with Crippen LogP contribution < -0.4 is 0 Å². The number of aliphatic hydroxyl groups excluding tert-OH is 1. The van der Waals surface area contributed by atoms with Crippen LogP contribution in [0.25, 0.3) is 0 Å². The molecule has 0 bridgehead atoms. The van der Waals surface area contributed by atoms with Crippen molar-refractivity contribution in [2.75, 3.05) is 0 Å². The first-order valence-electron chi connectivity index (χ1n) is 5.52. The van der Waals surface area contributed by atoms with Crippen LogP contribution in [-0.4, -0.2) is 17.0 Å². The lowest BCUT2D eigenvalue weighted by molar-refractivity contribution is -0.135. The van der Waals surface area contributed by atoms with Crippen LogP contribution in [0.5, 0.6) is 0 Å². The SMILES string of the molecule is CC1(c2cccc(F)c2)CCCC(O)C1=O. The van der Waals surface area contributed by atoms with Crippen LogP contribution in [0, 0.1) is 5.82 Å². The summed E-state index contributed by atoms with van der Waals surface area (Å²) in [7, 11) is 0. The number of hydrogen-bond acceptors (Lipinski definition) is 2. The van der Waals surface area contributed by atoms with Gasteiger partial charge >= 0.3 is 0 Å². The van der Waals surface area contributed by atoms with Gasteiger partial charge in [0.15, 0.2) is 5.78 Å². The molecule has 0 amide bonds. The van der Waals surface area contributed by atoms with Crippen LogP contribution in [-0.2, 0) is 10.2 Å². The second-order valence-electron chi connectivity index (χ2n) is 4.61. The van der Waals surface area contributed by atoms with Crippen molar-refractivity contribution >= 4 is 5.78 Å². The number of benzene rings is 1. The number of rotatable bonds is 1. The van der Waals surface area contributed by atoms with Gasteiger partial charge in [-0.2, -0.15) is 0 Å². The van der Waals surface area contributed by atoms with E-state index in [0.717, 1.165) is 6.42 Å². The lowest BCUT2D eigenvalue weighted by Crippen LogP contribution is -2.44. The number of carbonyl (C=O) groups excluding carboxylic acids is 1. The molecule has 2 rings (SSSR count). The summed E-state index contributed by atoms with van der Waals surface area (Å²) in [5, 5.41) is 9.60. The van der Waals surface area contributed by atoms with Gasteiger partial charge in [0.2, 0.25) is 0 Å². The lowest BCUT2D eigenvalue weighted by atomic mass is 9.69. The first-order valence-corrected chi connectivity index (χ1v) is 5.52. The Kier molecular flexibility index (Phi) is 2.80. The summed E-state index contributed by atoms with van der Waals surface area (Å²) in [5.41, 5.74) is -0.0731. The quantitative estimate of drug-likeness (QED) is 0.791. The molecule has 0 aliphatic heterocycles. The highest BCUT2D eigenvalue weighted by atomic mass is 19.1. The number of carbonyl (C=O) groups is 1. The van der Waals surface area contributed by atoms with Gasteiger partial charge in [0, 0.05) is 0 Å². The number of Topliss-reactive ketones (excluding diaryl/α,β-unsaturated/α-hetero) is 1. The summed E-state index contributed by atoms with van der Waals surface area (Å²) in [6, 6.07) is 6.09. The zero-order valence-corrected chi connectivity index (χ0v) is 9.24. The molecule has 0 saturated heterocycles. The van der Waals surface area contributed by atoms with Gasteiger partial charge < -0.3 is 5.11 Å². The van der Waals surface area contributed by atoms with Crippen LogP contribution in [0.2, 0.25) is 0 Å². The average molecular weight is 222 g/mol. The Balaban J connectivity index is 2.41. The zero-order valence-electron chi connectivity index (χ0n) is 9.24. The van der Waals surface area contributed by atoms with Gasteiger partial charge in [-0.05, 0) is 43.9 Å². The van der Waals surface area contributed by atoms with Gasteiger partial charge in [-0.15, -0.1) is 0 Å². The van der Waals surface area contributed by atoms with Crippen molar-refractivity contribution in [3.05, 3.63) is 35.6 Å². The van der Waals surface area contributed by atoms with Crippen molar-refractivity contribution in [3.63, 3.8) is 0 Å². The molecule has 1 saturated carbocycles. The Bertz CT molecular complexity index is 416. The van der Waals surface area contributed by atoms with Crippen LogP contribution in [0.15, 0.2) is 24.3 Å². The van der Waals surface area contributed by atoms with Gasteiger partial charge in [0.25, 0.3) is 0 Å². The number of hydrogen-bond donors (Lipinski definition) is 1. The van der Waals surface area contributed by atoms with Gasteiger partial charge in [-0.1, -0.05) is 12.1 Å². The second kappa shape index (κ2) is 3.98. The van der Waals surface area contributed by atoms with E-state index in [4.69, 9.17) is 0 Å². The standard InChI is InChI=1S/C13H15FO2/c1-13(7-3-6-11(15)12(13)16)9-4-2-5-10(14)8-9/h2,4-5,8,11,15H,3,6-7H2,1H3. The molecular formula is C13H15FO2. The molecule has 16 heavy (non-hydrogen) atoms. The first-order chi connectivity index (χ1) is 7.54. The summed E-state index contributed by atoms with van der Waals surface area (Å²) in [6.45, 7) is 1.78. The predicted molar refractivity (Wildman–Crippen MR) is 58.6 cm³/mol. The third-order valence-corrected chi connectivity index (χ3v) is 3.46. The largest absolute Gasteiger partial charge is 0.385 e. The maximum absolute atomic E-state index is 13.1. The molecule has 1 aliphatic rings. The third kappa shape index (κ3) is 1.76. The van der Waals surface area contributed by atoms with Crippen molar-refractivity contribution in [2.45, 2.75) is 37.7 Å². The summed E-state index contributed by atoms with van der Waals surface area (Å²) < 4.78 is 13.1. The van der Waals surface area contributed by atoms with Crippen molar-refractivity contribution in [1.29, 1.82) is 0 Å². The fraction of sp³-hybridized carbons (Fsp3) is 0.462. The fourth-order valence-corrected chi connectivity index (χ4v) is 2.39. The molecule has 0 aromatic heterocycles. The van der Waals surface area contributed by atoms with E-state index in [2.05, 4.69) is 0 Å². The van der Waals surface area contributed by atoms with E-state index in [9.17, 15) is 14.3 Å². The van der Waals surface area contributed by atoms with Crippen molar-refractivity contribution in [2.24, 2.45) is 0 Å². The Morgan fingerprint density at radius 2 is 2.25 bits per heavy atom. The van der Waals surface area contributed by atoms with Crippen LogP contribution in [0.4, 0.5) is 4.39 Å². The molecule has 1 fully saturated rings. The highest BCUT2D eigenvalue weighted by Crippen LogP contribution is 2.36. The second-order valence-corrected chi connectivity index (χ2v) is 4.61. The Morgan fingerprint density at radius 3 is 2.94 bits per heavy atom. The molecule has 2 atom stereocenters. The molecule has 0 heterocycles. The summed E-state index contributed by atoms with van der Waals surface area (Å²) in [6.07, 6.45) is 1.08. The van der Waals surface area contributed by atoms with E-state index < -0.39 is 11.5 Å². The minimum atomic E-state index is -0.901. The highest BCUT2D eigenvalue weighted by molar-refractivity contribution is 5.93. The van der Waals surface area contributed by atoms with E-state index in [0.29, 0.717) is 18.4 Å². The van der Waals surface area contributed by atoms with E-state index >= 15 is 0 Å². The summed E-state index contributed by atoms with van der Waals surface area (Å²) in [4.78, 5) is 12.0. The van der Waals surface area contributed by atoms with Gasteiger partial charge in [-0.3, -0.25) is 4.79 Å². The summed E-state index contributed by atoms with van der Waals surface area (Å²) >= 11 is 0. The van der Waals surface area contributed by atoms with Crippen LogP contribution in [0.3, 0.4) is 0 Å². The van der Waals surface area contributed by atoms with E-state index in [-0.39, 0.29) is 11.6 Å². The van der Waals surface area contributed by atoms with Crippen molar-refractivity contribution < 1.29 is 14.3 Å². The normalized spacial score (nSPS) is 30.4. The smallest absolute Gasteiger partial charge is 0.171 e. The minimum absolute atomic E-state index is 0.190. The number of aliphatic hydroxyl groups is 1. The number of ketones is 1. The zero-order chi connectivity index (χ0) is 11.8. The topological polar surface area (TPSA) is 37.3 Å². The van der Waals surface area contributed by atoms with Crippen molar-refractivity contribution in [3.8, 4) is 0 Å². The summed E-state index contributed by atoms with van der Waals surface area (Å²) in [5.74, 6) is -0.532. The molecule has 2 nitrogen and oxygen atoms in total. The Hall–Kier alpha value is -1.22. The Morgan fingerprint density at radius 1 is 1.50 bits per heavy atom. The van der Waals surface area contributed by atoms with E-state index in [1.165, 1.54) is 12.1 Å². The number of halogens is 1. The first kappa shape index (κ1) is 11.3. The van der Waals surface area contributed by atoms with Gasteiger partial charge in [-0.25, -0.2) is 4.39 Å². The highest BCUT2D eigenvalue weighted by Gasteiger charge is 2.41. The maximum Gasteiger partial charge on any atom is 0.171 e. The minimum Gasteiger partial charge on any atom is -0.385 e. The molecule has 3 heteroatoms. The molecule has 86 valence electrons. The van der Waals surface area contributed by atoms with Gasteiger partial charge in [0.05, 0.1) is 5.41 Å². The molecule has 1 aromatic rings. The van der Waals surface area contributed by atoms with Crippen LogP contribution >= 0.6 is 0 Å². The molecular weight excluding hydrogens is 207 g/mol. The predicted octanol–water partition coefficient (Wildman–Crippen LogP) is 2.20. The molecule has 1 N–H and O–H groups in total. The van der Waals surface area contributed by atoms with E-state index in [1.807, 2.05) is 0 Å². The maximum atomic E-state index is 13.1. The Labute approximate surface area is 94.1 Å². The molecule has 0 radical (unpaired) electrons. The molecule has 1 aliphatic carbocycles. The molecule has 2 unspecified atom stereocenters. The lowest BCUT2D eigenvalue weighted by Gasteiger charge is -2.35. The van der Waals surface area contributed by atoms with Crippen LogP contribution in [0.1, 0.15) is 31.7 Å². The monoisotopic (exact) mass is 222 g/mol. The average Bonchev–Trinajstić information content (AvgIpc) is 2.26. The molecule has 0 spiro atoms. The molecule has 1 aromatic carbocycles. The third-order valence-electron chi connectivity index (χ3n) is 3.46. The fourth-order valence-electron chi connectivity index (χ4n) is 2.39. The van der Waals surface area contributed by atoms with Crippen molar-refractivity contribution in [1.82, 2.24) is 0 Å². The van der Waals surface area contributed by atoms with Gasteiger partial charge in [0.1, 0.15) is 11.9 Å².